The first-order chi connectivity index (χ1) is 14.5. The first-order valence-electron chi connectivity index (χ1n) is 9.99. The van der Waals surface area contributed by atoms with Gasteiger partial charge in [-0.3, -0.25) is 0 Å². The Morgan fingerprint density at radius 3 is 2.70 bits per heavy atom. The number of esters is 1. The zero-order valence-electron chi connectivity index (χ0n) is 17.0. The van der Waals surface area contributed by atoms with Crippen LogP contribution in [0.5, 0.6) is 0 Å². The van der Waals surface area contributed by atoms with Crippen molar-refractivity contribution in [1.82, 2.24) is 5.16 Å². The van der Waals surface area contributed by atoms with Crippen molar-refractivity contribution in [2.24, 2.45) is 0 Å². The van der Waals surface area contributed by atoms with E-state index < -0.39 is 11.8 Å². The molecule has 1 saturated heterocycles. The third-order valence-electron chi connectivity index (χ3n) is 5.60. The number of nitrogens with zero attached hydrogens (tertiary/aromatic N) is 2. The molecule has 7 heteroatoms. The predicted octanol–water partition coefficient (Wildman–Crippen LogP) is 4.90. The molecule has 1 aliphatic heterocycles. The zero-order chi connectivity index (χ0) is 21.3. The summed E-state index contributed by atoms with van der Waals surface area (Å²) in [5.74, 6) is -0.862. The molecule has 1 aliphatic rings. The van der Waals surface area contributed by atoms with Crippen molar-refractivity contribution in [3.63, 3.8) is 0 Å². The highest BCUT2D eigenvalue weighted by atomic mass is 19.1. The molecule has 1 aromatic heterocycles. The van der Waals surface area contributed by atoms with E-state index in [4.69, 9.17) is 10.3 Å². The van der Waals surface area contributed by atoms with E-state index in [0.29, 0.717) is 28.7 Å². The fourth-order valence-electron chi connectivity index (χ4n) is 3.92. The molecule has 2 aromatic carbocycles. The Bertz CT molecular complexity index is 1080. The van der Waals surface area contributed by atoms with E-state index in [0.717, 1.165) is 24.2 Å². The van der Waals surface area contributed by atoms with Crippen molar-refractivity contribution < 1.29 is 18.4 Å². The number of hydrogen-bond donors (Lipinski definition) is 1. The second kappa shape index (κ2) is 8.18. The fourth-order valence-corrected chi connectivity index (χ4v) is 3.92. The minimum Gasteiger partial charge on any atom is -0.465 e. The summed E-state index contributed by atoms with van der Waals surface area (Å²) < 4.78 is 24.3. The van der Waals surface area contributed by atoms with Crippen molar-refractivity contribution in [1.29, 1.82) is 0 Å². The molecule has 1 atom stereocenters. The van der Waals surface area contributed by atoms with Gasteiger partial charge in [-0.1, -0.05) is 11.2 Å². The highest BCUT2D eigenvalue weighted by molar-refractivity contribution is 5.90. The lowest BCUT2D eigenvalue weighted by atomic mass is 10.0. The van der Waals surface area contributed by atoms with Gasteiger partial charge in [0.2, 0.25) is 0 Å². The number of anilines is 2. The van der Waals surface area contributed by atoms with Crippen LogP contribution >= 0.6 is 0 Å². The molecule has 2 N–H and O–H groups in total. The van der Waals surface area contributed by atoms with Crippen LogP contribution in [-0.4, -0.2) is 30.8 Å². The summed E-state index contributed by atoms with van der Waals surface area (Å²) in [7, 11) is 1.21. The summed E-state index contributed by atoms with van der Waals surface area (Å²) in [5.41, 5.74) is 9.71. The number of nitrogen functional groups attached to an aromatic ring is 1. The van der Waals surface area contributed by atoms with Crippen LogP contribution in [0.3, 0.4) is 0 Å². The Morgan fingerprint density at radius 1 is 1.20 bits per heavy atom. The molecule has 0 saturated carbocycles. The average Bonchev–Trinajstić information content (AvgIpc) is 3.24. The van der Waals surface area contributed by atoms with Crippen LogP contribution in [0.4, 0.5) is 15.8 Å². The molecule has 30 heavy (non-hydrogen) atoms. The van der Waals surface area contributed by atoms with Crippen LogP contribution in [0.1, 0.15) is 36.5 Å². The summed E-state index contributed by atoms with van der Waals surface area (Å²) >= 11 is 0. The number of halogens is 1. The first-order valence-corrected chi connectivity index (χ1v) is 9.99. The number of nitrogens with two attached hydrogens (primary N) is 1. The van der Waals surface area contributed by atoms with Gasteiger partial charge >= 0.3 is 5.97 Å². The minimum atomic E-state index is -0.724. The van der Waals surface area contributed by atoms with E-state index in [1.807, 2.05) is 18.2 Å². The monoisotopic (exact) mass is 409 g/mol. The van der Waals surface area contributed by atoms with E-state index in [1.54, 1.807) is 12.1 Å². The number of piperidine rings is 1. The average molecular weight is 409 g/mol. The summed E-state index contributed by atoms with van der Waals surface area (Å²) in [6.07, 6.45) is 3.58. The highest BCUT2D eigenvalue weighted by Crippen LogP contribution is 2.34. The Hall–Kier alpha value is -3.35. The number of ether oxygens (including phenoxy) is 1. The molecule has 1 unspecified atom stereocenters. The molecule has 2 heterocycles. The lowest BCUT2D eigenvalue weighted by Crippen LogP contribution is -2.37. The lowest BCUT2D eigenvalue weighted by Gasteiger charge is -2.36. The van der Waals surface area contributed by atoms with E-state index >= 15 is 0 Å². The van der Waals surface area contributed by atoms with Gasteiger partial charge in [0.25, 0.3) is 0 Å². The first kappa shape index (κ1) is 19.9. The maximum absolute atomic E-state index is 14.2. The van der Waals surface area contributed by atoms with Gasteiger partial charge < -0.3 is 19.9 Å². The number of rotatable bonds is 4. The summed E-state index contributed by atoms with van der Waals surface area (Å²) in [6, 6.07) is 12.3. The third kappa shape index (κ3) is 3.75. The second-order valence-electron chi connectivity index (χ2n) is 7.57. The van der Waals surface area contributed by atoms with Crippen molar-refractivity contribution in [3.8, 4) is 22.6 Å². The zero-order valence-corrected chi connectivity index (χ0v) is 17.0. The van der Waals surface area contributed by atoms with Crippen LogP contribution < -0.4 is 10.6 Å². The molecule has 0 bridgehead atoms. The van der Waals surface area contributed by atoms with Crippen molar-refractivity contribution in [3.05, 3.63) is 53.8 Å². The van der Waals surface area contributed by atoms with Gasteiger partial charge in [0.05, 0.1) is 24.0 Å². The number of carbonyl (C=O) groups excluding carboxylic acids is 1. The van der Waals surface area contributed by atoms with Crippen molar-refractivity contribution >= 4 is 17.3 Å². The van der Waals surface area contributed by atoms with Gasteiger partial charge in [0, 0.05) is 29.8 Å². The van der Waals surface area contributed by atoms with Crippen LogP contribution in [-0.2, 0) is 4.74 Å². The Morgan fingerprint density at radius 2 is 2.00 bits per heavy atom. The second-order valence-corrected chi connectivity index (χ2v) is 7.57. The smallest absolute Gasteiger partial charge is 0.340 e. The number of benzene rings is 2. The Kier molecular flexibility index (Phi) is 5.44. The highest BCUT2D eigenvalue weighted by Gasteiger charge is 2.21. The van der Waals surface area contributed by atoms with Gasteiger partial charge in [0.15, 0.2) is 5.76 Å². The third-order valence-corrected chi connectivity index (χ3v) is 5.60. The molecule has 0 aliphatic carbocycles. The molecule has 0 radical (unpaired) electrons. The Balaban J connectivity index is 1.59. The number of methoxy groups -OCH3 is 1. The molecular formula is C23H24FN3O3. The molecule has 3 aromatic rings. The molecule has 156 valence electrons. The molecular weight excluding hydrogens is 385 g/mol. The van der Waals surface area contributed by atoms with Crippen molar-refractivity contribution in [2.75, 3.05) is 24.3 Å². The van der Waals surface area contributed by atoms with Gasteiger partial charge in [-0.2, -0.15) is 0 Å². The largest absolute Gasteiger partial charge is 0.465 e. The van der Waals surface area contributed by atoms with E-state index in [9.17, 15) is 9.18 Å². The molecule has 0 amide bonds. The normalized spacial score (nSPS) is 16.5. The minimum absolute atomic E-state index is 0.125. The number of carbonyl (C=O) groups is 1. The van der Waals surface area contributed by atoms with Crippen LogP contribution in [0.2, 0.25) is 0 Å². The number of aromatic nitrogens is 1. The van der Waals surface area contributed by atoms with Gasteiger partial charge in [0.1, 0.15) is 11.5 Å². The molecule has 0 spiro atoms. The van der Waals surface area contributed by atoms with E-state index in [-0.39, 0.29) is 5.56 Å². The van der Waals surface area contributed by atoms with Gasteiger partial charge in [-0.25, -0.2) is 9.18 Å². The quantitative estimate of drug-likeness (QED) is 0.488. The maximum Gasteiger partial charge on any atom is 0.340 e. The lowest BCUT2D eigenvalue weighted by molar-refractivity contribution is 0.0595. The molecule has 6 nitrogen and oxygen atoms in total. The van der Waals surface area contributed by atoms with Gasteiger partial charge in [-0.05, 0) is 56.5 Å². The summed E-state index contributed by atoms with van der Waals surface area (Å²) in [6.45, 7) is 3.23. The predicted molar refractivity (Wildman–Crippen MR) is 114 cm³/mol. The van der Waals surface area contributed by atoms with Crippen LogP contribution in [0, 0.1) is 5.82 Å². The Labute approximate surface area is 174 Å². The topological polar surface area (TPSA) is 81.6 Å². The van der Waals surface area contributed by atoms with Crippen LogP contribution in [0.15, 0.2) is 47.0 Å². The maximum atomic E-state index is 14.2. The standard InChI is InChI=1S/C23H24FN3O3/c1-14-5-3-4-10-27(14)21-9-7-16(12-19(21)25)22-13-20(26-30-22)15-6-8-17(18(24)11-15)23(28)29-2/h6-9,11-14H,3-5,10,25H2,1-2H3. The molecule has 1 fully saturated rings. The number of hydrogen-bond acceptors (Lipinski definition) is 6. The SMILES string of the molecule is COC(=O)c1ccc(-c2cc(-c3ccc(N4CCCCC4C)c(N)c3)on2)cc1F. The van der Waals surface area contributed by atoms with Crippen LogP contribution in [0.25, 0.3) is 22.6 Å². The molecule has 4 rings (SSSR count). The van der Waals surface area contributed by atoms with E-state index in [2.05, 4.69) is 21.7 Å². The van der Waals surface area contributed by atoms with Crippen molar-refractivity contribution in [2.45, 2.75) is 32.2 Å². The summed E-state index contributed by atoms with van der Waals surface area (Å²) in [4.78, 5) is 13.9. The van der Waals surface area contributed by atoms with Gasteiger partial charge in [-0.15, -0.1) is 0 Å². The summed E-state index contributed by atoms with van der Waals surface area (Å²) in [5, 5.41) is 4.04. The fraction of sp³-hybridized carbons (Fsp3) is 0.304. The van der Waals surface area contributed by atoms with E-state index in [1.165, 1.54) is 32.1 Å².